The molecule has 0 saturated heterocycles. The van der Waals surface area contributed by atoms with Crippen LogP contribution in [0.3, 0.4) is 0 Å². The zero-order valence-electron chi connectivity index (χ0n) is 8.99. The van der Waals surface area contributed by atoms with Gasteiger partial charge in [0, 0.05) is 33.0 Å². The minimum atomic E-state index is 0.807. The lowest BCUT2D eigenvalue weighted by molar-refractivity contribution is 0.144. The van der Waals surface area contributed by atoms with E-state index in [1.165, 1.54) is 5.69 Å². The van der Waals surface area contributed by atoms with E-state index >= 15 is 0 Å². The quantitative estimate of drug-likeness (QED) is 0.661. The summed E-state index contributed by atoms with van der Waals surface area (Å²) in [6.45, 7) is 5.54. The maximum Gasteiger partial charge on any atom is 0.0945 e. The summed E-state index contributed by atoms with van der Waals surface area (Å²) in [5.41, 5.74) is 1.21. The van der Waals surface area contributed by atoms with Gasteiger partial charge in [0.2, 0.25) is 0 Å². The lowest BCUT2D eigenvalue weighted by Crippen LogP contribution is -2.17. The summed E-state index contributed by atoms with van der Waals surface area (Å²) in [6.07, 6.45) is 4.76. The first kappa shape index (κ1) is 11.2. The van der Waals surface area contributed by atoms with E-state index in [1.807, 2.05) is 31.1 Å². The van der Waals surface area contributed by atoms with Crippen LogP contribution in [0.4, 0.5) is 0 Å². The van der Waals surface area contributed by atoms with Crippen molar-refractivity contribution in [3.63, 3.8) is 0 Å². The molecule has 0 aliphatic rings. The lowest BCUT2D eigenvalue weighted by Gasteiger charge is -2.05. The SMILES string of the molecule is CCOCCCNCc1cncn1C. The second-order valence-corrected chi connectivity index (χ2v) is 3.22. The molecule has 0 amide bonds. The molecule has 1 heterocycles. The van der Waals surface area contributed by atoms with E-state index in [1.54, 1.807) is 0 Å². The number of nitrogens with zero attached hydrogens (tertiary/aromatic N) is 2. The van der Waals surface area contributed by atoms with E-state index in [9.17, 15) is 0 Å². The summed E-state index contributed by atoms with van der Waals surface area (Å²) < 4.78 is 7.26. The van der Waals surface area contributed by atoms with E-state index in [0.29, 0.717) is 0 Å². The fourth-order valence-electron chi connectivity index (χ4n) is 1.21. The van der Waals surface area contributed by atoms with E-state index in [2.05, 4.69) is 10.3 Å². The van der Waals surface area contributed by atoms with E-state index < -0.39 is 0 Å². The summed E-state index contributed by atoms with van der Waals surface area (Å²) in [5, 5.41) is 3.35. The third-order valence-corrected chi connectivity index (χ3v) is 2.07. The normalized spacial score (nSPS) is 10.7. The molecular formula is C10H19N3O. The lowest BCUT2D eigenvalue weighted by atomic mass is 10.4. The van der Waals surface area contributed by atoms with Crippen LogP contribution in [-0.4, -0.2) is 29.3 Å². The Morgan fingerprint density at radius 2 is 2.43 bits per heavy atom. The van der Waals surface area contributed by atoms with Crippen LogP contribution in [-0.2, 0) is 18.3 Å². The zero-order valence-corrected chi connectivity index (χ0v) is 8.99. The summed E-state index contributed by atoms with van der Waals surface area (Å²) in [6, 6.07) is 0. The molecule has 0 atom stereocenters. The fraction of sp³-hybridized carbons (Fsp3) is 0.700. The Balaban J connectivity index is 2.02. The van der Waals surface area contributed by atoms with Gasteiger partial charge in [-0.2, -0.15) is 0 Å². The van der Waals surface area contributed by atoms with Crippen LogP contribution in [0, 0.1) is 0 Å². The van der Waals surface area contributed by atoms with Crippen molar-refractivity contribution in [3.8, 4) is 0 Å². The zero-order chi connectivity index (χ0) is 10.2. The van der Waals surface area contributed by atoms with Gasteiger partial charge in [-0.25, -0.2) is 4.98 Å². The first-order valence-corrected chi connectivity index (χ1v) is 5.08. The number of aryl methyl sites for hydroxylation is 1. The number of ether oxygens (including phenoxy) is 1. The van der Waals surface area contributed by atoms with E-state index in [0.717, 1.165) is 32.7 Å². The number of hydrogen-bond donors (Lipinski definition) is 1. The second-order valence-electron chi connectivity index (χ2n) is 3.22. The Labute approximate surface area is 85.3 Å². The van der Waals surface area contributed by atoms with Crippen molar-refractivity contribution in [1.82, 2.24) is 14.9 Å². The predicted molar refractivity (Wildman–Crippen MR) is 56.0 cm³/mol. The molecule has 80 valence electrons. The predicted octanol–water partition coefficient (Wildman–Crippen LogP) is 0.936. The van der Waals surface area contributed by atoms with Crippen molar-refractivity contribution in [2.75, 3.05) is 19.8 Å². The molecule has 0 radical (unpaired) electrons. The molecule has 1 aromatic heterocycles. The molecule has 0 fully saturated rings. The van der Waals surface area contributed by atoms with Crippen LogP contribution in [0.15, 0.2) is 12.5 Å². The first-order chi connectivity index (χ1) is 6.84. The van der Waals surface area contributed by atoms with Crippen molar-refractivity contribution in [2.24, 2.45) is 7.05 Å². The highest BCUT2D eigenvalue weighted by atomic mass is 16.5. The van der Waals surface area contributed by atoms with Gasteiger partial charge < -0.3 is 14.6 Å². The van der Waals surface area contributed by atoms with Gasteiger partial charge in [-0.05, 0) is 19.9 Å². The van der Waals surface area contributed by atoms with Gasteiger partial charge >= 0.3 is 0 Å². The van der Waals surface area contributed by atoms with Gasteiger partial charge in [-0.15, -0.1) is 0 Å². The summed E-state index contributed by atoms with van der Waals surface area (Å²) in [7, 11) is 2.00. The summed E-state index contributed by atoms with van der Waals surface area (Å²) in [5.74, 6) is 0. The highest BCUT2D eigenvalue weighted by Crippen LogP contribution is 1.94. The van der Waals surface area contributed by atoms with Crippen LogP contribution >= 0.6 is 0 Å². The van der Waals surface area contributed by atoms with Gasteiger partial charge in [-0.3, -0.25) is 0 Å². The van der Waals surface area contributed by atoms with Crippen molar-refractivity contribution >= 4 is 0 Å². The number of aromatic nitrogens is 2. The van der Waals surface area contributed by atoms with Gasteiger partial charge in [0.15, 0.2) is 0 Å². The van der Waals surface area contributed by atoms with Gasteiger partial charge in [0.1, 0.15) is 0 Å². The van der Waals surface area contributed by atoms with E-state index in [-0.39, 0.29) is 0 Å². The molecular weight excluding hydrogens is 178 g/mol. The molecule has 0 aromatic carbocycles. The van der Waals surface area contributed by atoms with Crippen molar-refractivity contribution < 1.29 is 4.74 Å². The molecule has 4 heteroatoms. The smallest absolute Gasteiger partial charge is 0.0945 e. The topological polar surface area (TPSA) is 39.1 Å². The summed E-state index contributed by atoms with van der Waals surface area (Å²) >= 11 is 0. The molecule has 14 heavy (non-hydrogen) atoms. The van der Waals surface area contributed by atoms with Gasteiger partial charge in [0.05, 0.1) is 12.0 Å². The minimum absolute atomic E-state index is 0.807. The third kappa shape index (κ3) is 3.89. The van der Waals surface area contributed by atoms with Gasteiger partial charge in [-0.1, -0.05) is 0 Å². The third-order valence-electron chi connectivity index (χ3n) is 2.07. The molecule has 0 aliphatic carbocycles. The fourth-order valence-corrected chi connectivity index (χ4v) is 1.21. The Bertz CT molecular complexity index is 247. The highest BCUT2D eigenvalue weighted by Gasteiger charge is 1.96. The molecule has 1 rings (SSSR count). The number of imidazole rings is 1. The Kier molecular flexibility index (Phi) is 5.25. The van der Waals surface area contributed by atoms with Crippen LogP contribution in [0.2, 0.25) is 0 Å². The highest BCUT2D eigenvalue weighted by molar-refractivity contribution is 4.96. The summed E-state index contributed by atoms with van der Waals surface area (Å²) in [4.78, 5) is 4.05. The average molecular weight is 197 g/mol. The first-order valence-electron chi connectivity index (χ1n) is 5.08. The maximum absolute atomic E-state index is 5.24. The number of nitrogens with one attached hydrogen (secondary N) is 1. The standard InChI is InChI=1S/C10H19N3O/c1-3-14-6-4-5-11-7-10-8-12-9-13(10)2/h8-9,11H,3-7H2,1-2H3. The van der Waals surface area contributed by atoms with Crippen molar-refractivity contribution in [3.05, 3.63) is 18.2 Å². The monoisotopic (exact) mass is 197 g/mol. The van der Waals surface area contributed by atoms with Crippen LogP contribution in [0.5, 0.6) is 0 Å². The number of rotatable bonds is 7. The van der Waals surface area contributed by atoms with Crippen LogP contribution < -0.4 is 5.32 Å². The second kappa shape index (κ2) is 6.56. The Hall–Kier alpha value is -0.870. The minimum Gasteiger partial charge on any atom is -0.382 e. The van der Waals surface area contributed by atoms with Crippen LogP contribution in [0.1, 0.15) is 19.0 Å². The van der Waals surface area contributed by atoms with Crippen molar-refractivity contribution in [2.45, 2.75) is 19.9 Å². The van der Waals surface area contributed by atoms with Crippen molar-refractivity contribution in [1.29, 1.82) is 0 Å². The molecule has 4 nitrogen and oxygen atoms in total. The molecule has 0 spiro atoms. The molecule has 1 aromatic rings. The molecule has 1 N–H and O–H groups in total. The average Bonchev–Trinajstić information content (AvgIpc) is 2.58. The van der Waals surface area contributed by atoms with Crippen LogP contribution in [0.25, 0.3) is 0 Å². The Morgan fingerprint density at radius 3 is 3.07 bits per heavy atom. The van der Waals surface area contributed by atoms with E-state index in [4.69, 9.17) is 4.74 Å². The molecule has 0 saturated carbocycles. The number of hydrogen-bond acceptors (Lipinski definition) is 3. The maximum atomic E-state index is 5.24. The molecule has 0 unspecified atom stereocenters. The Morgan fingerprint density at radius 1 is 1.57 bits per heavy atom. The molecule has 0 bridgehead atoms. The largest absolute Gasteiger partial charge is 0.382 e. The van der Waals surface area contributed by atoms with Gasteiger partial charge in [0.25, 0.3) is 0 Å². The molecule has 0 aliphatic heterocycles.